The molecule has 0 saturated heterocycles. The number of carbonyl (C=O) groups is 3. The van der Waals surface area contributed by atoms with Gasteiger partial charge < -0.3 is 20.1 Å². The lowest BCUT2D eigenvalue weighted by atomic mass is 10.2. The molecule has 0 spiro atoms. The average molecular weight is 425 g/mol. The Balaban J connectivity index is 1.82. The predicted molar refractivity (Wildman–Crippen MR) is 107 cm³/mol. The second kappa shape index (κ2) is 9.96. The van der Waals surface area contributed by atoms with Crippen molar-refractivity contribution in [1.29, 1.82) is 0 Å². The molecule has 0 aliphatic carbocycles. The van der Waals surface area contributed by atoms with Crippen molar-refractivity contribution in [2.24, 2.45) is 0 Å². The van der Waals surface area contributed by atoms with Crippen LogP contribution < -0.4 is 15.4 Å². The summed E-state index contributed by atoms with van der Waals surface area (Å²) in [5.41, 5.74) is 1.09. The Morgan fingerprint density at radius 3 is 2.18 bits per heavy atom. The summed E-state index contributed by atoms with van der Waals surface area (Å²) < 4.78 is 10.3. The van der Waals surface area contributed by atoms with Crippen LogP contribution in [-0.2, 0) is 19.1 Å². The summed E-state index contributed by atoms with van der Waals surface area (Å²) in [7, 11) is 0. The highest BCUT2D eigenvalue weighted by molar-refractivity contribution is 6.35. The minimum absolute atomic E-state index is 0.195. The maximum absolute atomic E-state index is 12.1. The molecule has 0 heterocycles. The number of amides is 2. The Morgan fingerprint density at radius 2 is 1.61 bits per heavy atom. The van der Waals surface area contributed by atoms with E-state index in [-0.39, 0.29) is 16.7 Å². The second-order valence-electron chi connectivity index (χ2n) is 5.74. The van der Waals surface area contributed by atoms with E-state index >= 15 is 0 Å². The van der Waals surface area contributed by atoms with Crippen molar-refractivity contribution in [3.05, 3.63) is 52.5 Å². The first kappa shape index (κ1) is 21.5. The van der Waals surface area contributed by atoms with Crippen LogP contribution in [0.25, 0.3) is 0 Å². The van der Waals surface area contributed by atoms with Crippen LogP contribution in [0.3, 0.4) is 0 Å². The van der Waals surface area contributed by atoms with Crippen molar-refractivity contribution in [3.8, 4) is 5.75 Å². The Morgan fingerprint density at radius 1 is 1.00 bits per heavy atom. The third-order valence-electron chi connectivity index (χ3n) is 3.39. The Labute approximate surface area is 171 Å². The van der Waals surface area contributed by atoms with E-state index in [1.165, 1.54) is 26.0 Å². The highest BCUT2D eigenvalue weighted by Gasteiger charge is 2.18. The molecule has 2 aromatic rings. The molecule has 2 amide bonds. The molecule has 2 N–H and O–H groups in total. The Hall–Kier alpha value is -2.77. The number of hydrogen-bond donors (Lipinski definition) is 2. The van der Waals surface area contributed by atoms with Gasteiger partial charge in [0.25, 0.3) is 5.91 Å². The maximum Gasteiger partial charge on any atom is 0.344 e. The van der Waals surface area contributed by atoms with Crippen molar-refractivity contribution in [1.82, 2.24) is 0 Å². The number of benzene rings is 2. The SMILES string of the molecule is CC(=O)Nc1ccc(NC(=O)C(C)OC(=O)COc2ccc(Cl)cc2Cl)cc1. The predicted octanol–water partition coefficient (Wildman–Crippen LogP) is 3.90. The summed E-state index contributed by atoms with van der Waals surface area (Å²) in [6, 6.07) is 11.1. The van der Waals surface area contributed by atoms with E-state index in [4.69, 9.17) is 32.7 Å². The van der Waals surface area contributed by atoms with Gasteiger partial charge in [0.1, 0.15) is 5.75 Å². The highest BCUT2D eigenvalue weighted by Crippen LogP contribution is 2.27. The fraction of sp³-hybridized carbons (Fsp3) is 0.211. The number of carbonyl (C=O) groups excluding carboxylic acids is 3. The maximum atomic E-state index is 12.1. The topological polar surface area (TPSA) is 93.7 Å². The molecule has 1 unspecified atom stereocenters. The number of hydrogen-bond acceptors (Lipinski definition) is 5. The van der Waals surface area contributed by atoms with Crippen molar-refractivity contribution < 1.29 is 23.9 Å². The van der Waals surface area contributed by atoms with Crippen molar-refractivity contribution in [2.75, 3.05) is 17.2 Å². The number of esters is 1. The van der Waals surface area contributed by atoms with E-state index < -0.39 is 24.6 Å². The van der Waals surface area contributed by atoms with Crippen LogP contribution in [0.1, 0.15) is 13.8 Å². The zero-order chi connectivity index (χ0) is 20.7. The van der Waals surface area contributed by atoms with Gasteiger partial charge in [-0.05, 0) is 49.4 Å². The minimum atomic E-state index is -1.04. The van der Waals surface area contributed by atoms with Gasteiger partial charge in [-0.3, -0.25) is 9.59 Å². The van der Waals surface area contributed by atoms with E-state index in [0.29, 0.717) is 16.4 Å². The summed E-state index contributed by atoms with van der Waals surface area (Å²) in [5.74, 6) is -1.15. The molecule has 0 aromatic heterocycles. The van der Waals surface area contributed by atoms with E-state index in [9.17, 15) is 14.4 Å². The number of anilines is 2. The molecular formula is C19H18Cl2N2O5. The van der Waals surface area contributed by atoms with E-state index in [0.717, 1.165) is 0 Å². The number of rotatable bonds is 7. The molecule has 0 radical (unpaired) electrons. The quantitative estimate of drug-likeness (QED) is 0.657. The summed E-state index contributed by atoms with van der Waals surface area (Å²) in [4.78, 5) is 35.0. The molecule has 0 fully saturated rings. The van der Waals surface area contributed by atoms with Gasteiger partial charge in [-0.2, -0.15) is 0 Å². The monoisotopic (exact) mass is 424 g/mol. The van der Waals surface area contributed by atoms with Crippen LogP contribution in [0.5, 0.6) is 5.75 Å². The fourth-order valence-corrected chi connectivity index (χ4v) is 2.56. The number of ether oxygens (including phenoxy) is 2. The molecule has 9 heteroatoms. The van der Waals surface area contributed by atoms with Crippen LogP contribution >= 0.6 is 23.2 Å². The van der Waals surface area contributed by atoms with E-state index in [1.807, 2.05) is 0 Å². The third kappa shape index (κ3) is 6.75. The molecule has 1 atom stereocenters. The number of nitrogens with one attached hydrogen (secondary N) is 2. The summed E-state index contributed by atoms with van der Waals surface area (Å²) in [5, 5.41) is 5.93. The lowest BCUT2D eigenvalue weighted by Gasteiger charge is -2.14. The Bertz CT molecular complexity index is 871. The second-order valence-corrected chi connectivity index (χ2v) is 6.59. The van der Waals surface area contributed by atoms with Gasteiger partial charge in [0.05, 0.1) is 5.02 Å². The van der Waals surface area contributed by atoms with Crippen LogP contribution in [0.4, 0.5) is 11.4 Å². The molecule has 28 heavy (non-hydrogen) atoms. The summed E-state index contributed by atoms with van der Waals surface area (Å²) in [6.45, 7) is 2.43. The first-order valence-electron chi connectivity index (χ1n) is 8.20. The van der Waals surface area contributed by atoms with Crippen LogP contribution in [0.2, 0.25) is 10.0 Å². The van der Waals surface area contributed by atoms with Crippen LogP contribution in [-0.4, -0.2) is 30.5 Å². The van der Waals surface area contributed by atoms with Crippen molar-refractivity contribution >= 4 is 52.4 Å². The minimum Gasteiger partial charge on any atom is -0.480 e. The van der Waals surface area contributed by atoms with Gasteiger partial charge in [0.2, 0.25) is 5.91 Å². The van der Waals surface area contributed by atoms with Gasteiger partial charge >= 0.3 is 5.97 Å². The van der Waals surface area contributed by atoms with Gasteiger partial charge in [-0.15, -0.1) is 0 Å². The molecule has 7 nitrogen and oxygen atoms in total. The van der Waals surface area contributed by atoms with E-state index in [1.54, 1.807) is 30.3 Å². The van der Waals surface area contributed by atoms with E-state index in [2.05, 4.69) is 10.6 Å². The van der Waals surface area contributed by atoms with Crippen LogP contribution in [0.15, 0.2) is 42.5 Å². The van der Waals surface area contributed by atoms with Gasteiger partial charge in [-0.25, -0.2) is 4.79 Å². The van der Waals surface area contributed by atoms with Gasteiger partial charge in [0.15, 0.2) is 12.7 Å². The molecule has 2 rings (SSSR count). The van der Waals surface area contributed by atoms with Crippen molar-refractivity contribution in [2.45, 2.75) is 20.0 Å². The average Bonchev–Trinajstić information content (AvgIpc) is 2.62. The van der Waals surface area contributed by atoms with Gasteiger partial charge in [-0.1, -0.05) is 23.2 Å². The lowest BCUT2D eigenvalue weighted by molar-refractivity contribution is -0.155. The molecule has 0 bridgehead atoms. The molecule has 2 aromatic carbocycles. The Kier molecular flexibility index (Phi) is 7.66. The normalized spacial score (nSPS) is 11.3. The number of halogens is 2. The van der Waals surface area contributed by atoms with Crippen LogP contribution in [0, 0.1) is 0 Å². The molecule has 0 aliphatic heterocycles. The lowest BCUT2D eigenvalue weighted by Crippen LogP contribution is -2.31. The zero-order valence-electron chi connectivity index (χ0n) is 15.1. The largest absolute Gasteiger partial charge is 0.480 e. The standard InChI is InChI=1S/C19H18Cl2N2O5/c1-11(19(26)23-15-6-4-14(5-7-15)22-12(2)24)28-18(25)10-27-17-8-3-13(20)9-16(17)21/h3-9,11H,10H2,1-2H3,(H,22,24)(H,23,26). The highest BCUT2D eigenvalue weighted by atomic mass is 35.5. The fourth-order valence-electron chi connectivity index (χ4n) is 2.10. The van der Waals surface area contributed by atoms with Gasteiger partial charge in [0, 0.05) is 23.3 Å². The summed E-state index contributed by atoms with van der Waals surface area (Å²) >= 11 is 11.7. The smallest absolute Gasteiger partial charge is 0.344 e. The molecule has 148 valence electrons. The molecule has 0 saturated carbocycles. The first-order valence-corrected chi connectivity index (χ1v) is 8.96. The molecule has 0 aliphatic rings. The molecular weight excluding hydrogens is 407 g/mol. The third-order valence-corrected chi connectivity index (χ3v) is 3.92. The first-order chi connectivity index (χ1) is 13.2. The zero-order valence-corrected chi connectivity index (χ0v) is 16.6. The van der Waals surface area contributed by atoms with Crippen molar-refractivity contribution in [3.63, 3.8) is 0 Å². The summed E-state index contributed by atoms with van der Waals surface area (Å²) in [6.07, 6.45) is -1.04.